The molecule has 3 nitrogen and oxygen atoms in total. The van der Waals surface area contributed by atoms with Gasteiger partial charge < -0.3 is 10.5 Å². The minimum atomic E-state index is -0.298. The molecular formula is C14H19FN2OS. The molecule has 1 saturated heterocycles. The van der Waals surface area contributed by atoms with Crippen molar-refractivity contribution in [2.45, 2.75) is 26.0 Å². The standard InChI is InChI=1S/C14H19FN2OS/c1-14(2)9-17(3-4-18-14)8-10-5-11(13(16)19)7-12(15)6-10/h5-7H,3-4,8-9H2,1-2H3,(H2,16,19). The smallest absolute Gasteiger partial charge is 0.124 e. The fourth-order valence-corrected chi connectivity index (χ4v) is 2.51. The van der Waals surface area contributed by atoms with Crippen LogP contribution in [0.4, 0.5) is 4.39 Å². The maximum atomic E-state index is 13.5. The van der Waals surface area contributed by atoms with Gasteiger partial charge in [0.05, 0.1) is 12.2 Å². The van der Waals surface area contributed by atoms with Crippen LogP contribution in [0.15, 0.2) is 18.2 Å². The van der Waals surface area contributed by atoms with Crippen molar-refractivity contribution < 1.29 is 9.13 Å². The zero-order valence-corrected chi connectivity index (χ0v) is 12.1. The molecule has 0 spiro atoms. The van der Waals surface area contributed by atoms with Crippen LogP contribution >= 0.6 is 12.2 Å². The highest BCUT2D eigenvalue weighted by molar-refractivity contribution is 7.80. The van der Waals surface area contributed by atoms with Gasteiger partial charge in [-0.15, -0.1) is 0 Å². The molecule has 0 atom stereocenters. The third-order valence-electron chi connectivity index (χ3n) is 3.15. The summed E-state index contributed by atoms with van der Waals surface area (Å²) in [5.74, 6) is -0.298. The second-order valence-electron chi connectivity index (χ2n) is 5.53. The third-order valence-corrected chi connectivity index (χ3v) is 3.39. The molecule has 1 aliphatic heterocycles. The lowest BCUT2D eigenvalue weighted by Gasteiger charge is -2.38. The van der Waals surface area contributed by atoms with E-state index in [0.717, 1.165) is 18.7 Å². The highest BCUT2D eigenvalue weighted by Crippen LogP contribution is 2.19. The van der Waals surface area contributed by atoms with Gasteiger partial charge in [-0.05, 0) is 37.6 Å². The first kappa shape index (κ1) is 14.4. The van der Waals surface area contributed by atoms with Crippen LogP contribution in [0.3, 0.4) is 0 Å². The lowest BCUT2D eigenvalue weighted by molar-refractivity contribution is -0.0882. The van der Waals surface area contributed by atoms with Crippen molar-refractivity contribution in [1.29, 1.82) is 0 Å². The molecule has 0 aliphatic carbocycles. The molecule has 0 saturated carbocycles. The van der Waals surface area contributed by atoms with Crippen LogP contribution in [0.25, 0.3) is 0 Å². The van der Waals surface area contributed by atoms with Crippen LogP contribution in [0.2, 0.25) is 0 Å². The van der Waals surface area contributed by atoms with Gasteiger partial charge in [-0.25, -0.2) is 4.39 Å². The Balaban J connectivity index is 2.12. The Hall–Kier alpha value is -1.04. The number of rotatable bonds is 3. The molecule has 5 heteroatoms. The number of benzene rings is 1. The summed E-state index contributed by atoms with van der Waals surface area (Å²) in [4.78, 5) is 2.48. The molecule has 1 aliphatic rings. The van der Waals surface area contributed by atoms with Crippen LogP contribution < -0.4 is 5.73 Å². The zero-order chi connectivity index (χ0) is 14.0. The van der Waals surface area contributed by atoms with Gasteiger partial charge >= 0.3 is 0 Å². The maximum absolute atomic E-state index is 13.5. The number of thiocarbonyl (C=S) groups is 1. The Morgan fingerprint density at radius 1 is 1.47 bits per heavy atom. The number of halogens is 1. The summed E-state index contributed by atoms with van der Waals surface area (Å²) in [6.07, 6.45) is 0. The van der Waals surface area contributed by atoms with Crippen molar-refractivity contribution in [3.05, 3.63) is 35.1 Å². The molecule has 0 unspecified atom stereocenters. The Morgan fingerprint density at radius 2 is 2.21 bits per heavy atom. The van der Waals surface area contributed by atoms with E-state index in [-0.39, 0.29) is 16.4 Å². The molecule has 2 N–H and O–H groups in total. The van der Waals surface area contributed by atoms with Gasteiger partial charge in [0.1, 0.15) is 10.8 Å². The molecule has 0 bridgehead atoms. The molecule has 0 radical (unpaired) electrons. The number of hydrogen-bond acceptors (Lipinski definition) is 3. The van der Waals surface area contributed by atoms with Gasteiger partial charge in [-0.3, -0.25) is 4.90 Å². The van der Waals surface area contributed by atoms with Gasteiger partial charge in [0.25, 0.3) is 0 Å². The van der Waals surface area contributed by atoms with Crippen LogP contribution in [0.1, 0.15) is 25.0 Å². The average Bonchev–Trinajstić information content (AvgIpc) is 2.26. The van der Waals surface area contributed by atoms with E-state index in [0.29, 0.717) is 18.7 Å². The Bertz CT molecular complexity index is 490. The van der Waals surface area contributed by atoms with Crippen molar-refractivity contribution in [2.24, 2.45) is 5.73 Å². The van der Waals surface area contributed by atoms with Crippen molar-refractivity contribution >= 4 is 17.2 Å². The fourth-order valence-electron chi connectivity index (χ4n) is 2.39. The van der Waals surface area contributed by atoms with Crippen molar-refractivity contribution in [3.8, 4) is 0 Å². The topological polar surface area (TPSA) is 38.5 Å². The molecule has 1 aromatic rings. The predicted octanol–water partition coefficient (Wildman–Crippen LogP) is 2.07. The number of nitrogens with zero attached hydrogens (tertiary/aromatic N) is 1. The number of hydrogen-bond donors (Lipinski definition) is 1. The zero-order valence-electron chi connectivity index (χ0n) is 11.3. The Kier molecular flexibility index (Phi) is 4.18. The quantitative estimate of drug-likeness (QED) is 0.861. The first-order chi connectivity index (χ1) is 8.85. The molecule has 1 aromatic carbocycles. The summed E-state index contributed by atoms with van der Waals surface area (Å²) < 4.78 is 19.2. The largest absolute Gasteiger partial charge is 0.389 e. The monoisotopic (exact) mass is 282 g/mol. The first-order valence-corrected chi connectivity index (χ1v) is 6.72. The van der Waals surface area contributed by atoms with E-state index in [1.54, 1.807) is 0 Å². The van der Waals surface area contributed by atoms with Gasteiger partial charge in [-0.2, -0.15) is 0 Å². The second kappa shape index (κ2) is 5.53. The molecule has 19 heavy (non-hydrogen) atoms. The molecule has 0 amide bonds. The van der Waals surface area contributed by atoms with Gasteiger partial charge in [0, 0.05) is 25.2 Å². The summed E-state index contributed by atoms with van der Waals surface area (Å²) in [5, 5.41) is 0. The van der Waals surface area contributed by atoms with E-state index in [2.05, 4.69) is 18.7 Å². The Morgan fingerprint density at radius 3 is 2.84 bits per heavy atom. The molecule has 1 fully saturated rings. The summed E-state index contributed by atoms with van der Waals surface area (Å²) >= 11 is 4.90. The summed E-state index contributed by atoms with van der Waals surface area (Å²) in [7, 11) is 0. The van der Waals surface area contributed by atoms with Crippen LogP contribution in [0, 0.1) is 5.82 Å². The van der Waals surface area contributed by atoms with E-state index in [9.17, 15) is 4.39 Å². The van der Waals surface area contributed by atoms with Crippen molar-refractivity contribution in [2.75, 3.05) is 19.7 Å². The lowest BCUT2D eigenvalue weighted by Crippen LogP contribution is -2.47. The van der Waals surface area contributed by atoms with Crippen LogP contribution in [0.5, 0.6) is 0 Å². The number of nitrogens with two attached hydrogens (primary N) is 1. The van der Waals surface area contributed by atoms with Gasteiger partial charge in [0.15, 0.2) is 0 Å². The third kappa shape index (κ3) is 3.96. The van der Waals surface area contributed by atoms with Crippen LogP contribution in [-0.2, 0) is 11.3 Å². The predicted molar refractivity (Wildman–Crippen MR) is 77.6 cm³/mol. The highest BCUT2D eigenvalue weighted by atomic mass is 32.1. The number of ether oxygens (including phenoxy) is 1. The van der Waals surface area contributed by atoms with E-state index >= 15 is 0 Å². The minimum Gasteiger partial charge on any atom is -0.389 e. The SMILES string of the molecule is CC1(C)CN(Cc2cc(F)cc(C(N)=S)c2)CCO1. The summed E-state index contributed by atoms with van der Waals surface area (Å²) in [5.41, 5.74) is 6.87. The minimum absolute atomic E-state index is 0.155. The van der Waals surface area contributed by atoms with Crippen molar-refractivity contribution in [3.63, 3.8) is 0 Å². The second-order valence-corrected chi connectivity index (χ2v) is 5.97. The van der Waals surface area contributed by atoms with E-state index < -0.39 is 0 Å². The average molecular weight is 282 g/mol. The molecule has 104 valence electrons. The molecule has 2 rings (SSSR count). The fraction of sp³-hybridized carbons (Fsp3) is 0.500. The maximum Gasteiger partial charge on any atom is 0.124 e. The highest BCUT2D eigenvalue weighted by Gasteiger charge is 2.27. The van der Waals surface area contributed by atoms with Crippen molar-refractivity contribution in [1.82, 2.24) is 4.90 Å². The first-order valence-electron chi connectivity index (χ1n) is 6.31. The molecular weight excluding hydrogens is 263 g/mol. The van der Waals surface area contributed by atoms with Gasteiger partial charge in [-0.1, -0.05) is 12.2 Å². The van der Waals surface area contributed by atoms with E-state index in [1.807, 2.05) is 6.07 Å². The van der Waals surface area contributed by atoms with Gasteiger partial charge in [0.2, 0.25) is 0 Å². The number of morpholine rings is 1. The summed E-state index contributed by atoms with van der Waals surface area (Å²) in [6, 6.07) is 4.76. The van der Waals surface area contributed by atoms with Crippen LogP contribution in [-0.4, -0.2) is 35.2 Å². The Labute approximate surface area is 118 Å². The lowest BCUT2D eigenvalue weighted by atomic mass is 10.1. The van der Waals surface area contributed by atoms with E-state index in [1.165, 1.54) is 12.1 Å². The normalized spacial score (nSPS) is 19.3. The summed E-state index contributed by atoms with van der Waals surface area (Å²) in [6.45, 7) is 7.18. The molecule has 0 aromatic heterocycles. The van der Waals surface area contributed by atoms with E-state index in [4.69, 9.17) is 22.7 Å². The molecule has 1 heterocycles.